The lowest BCUT2D eigenvalue weighted by molar-refractivity contribution is -0.188. The zero-order valence-corrected chi connectivity index (χ0v) is 20.1. The van der Waals surface area contributed by atoms with Crippen LogP contribution in [0.25, 0.3) is 10.2 Å². The van der Waals surface area contributed by atoms with Crippen LogP contribution in [0.4, 0.5) is 35.1 Å². The number of nitrogens with zero attached hydrogens (tertiary/aromatic N) is 1. The van der Waals surface area contributed by atoms with Gasteiger partial charge in [0.25, 0.3) is 0 Å². The molecule has 0 spiro atoms. The quantitative estimate of drug-likeness (QED) is 0.168. The van der Waals surface area contributed by atoms with E-state index in [4.69, 9.17) is 14.2 Å². The molecular formula is C25H15F8NO4S. The lowest BCUT2D eigenvalue weighted by Gasteiger charge is -2.24. The second kappa shape index (κ2) is 10.2. The highest BCUT2D eigenvalue weighted by Crippen LogP contribution is 2.40. The summed E-state index contributed by atoms with van der Waals surface area (Å²) in [4.78, 5) is 3.66. The van der Waals surface area contributed by atoms with Crippen molar-refractivity contribution >= 4 is 21.6 Å². The third kappa shape index (κ3) is 5.63. The van der Waals surface area contributed by atoms with E-state index in [1.807, 2.05) is 0 Å². The summed E-state index contributed by atoms with van der Waals surface area (Å²) in [6.07, 6.45) is -8.61. The molecule has 5 nitrogen and oxygen atoms in total. The van der Waals surface area contributed by atoms with Crippen LogP contribution in [-0.4, -0.2) is 18.2 Å². The number of hydrogen-bond acceptors (Lipinski definition) is 6. The highest BCUT2D eigenvalue weighted by atomic mass is 32.1. The zero-order valence-electron chi connectivity index (χ0n) is 19.3. The van der Waals surface area contributed by atoms with Gasteiger partial charge in [0.15, 0.2) is 23.7 Å². The molecule has 1 aliphatic rings. The summed E-state index contributed by atoms with van der Waals surface area (Å²) >= 11 is 0.317. The third-order valence-electron chi connectivity index (χ3n) is 5.46. The monoisotopic (exact) mass is 577 g/mol. The van der Waals surface area contributed by atoms with Crippen molar-refractivity contribution < 1.29 is 54.1 Å². The Balaban J connectivity index is 1.35. The van der Waals surface area contributed by atoms with Gasteiger partial charge in [-0.2, -0.15) is 17.6 Å². The molecule has 0 saturated carbocycles. The summed E-state index contributed by atoms with van der Waals surface area (Å²) in [6, 6.07) is 6.45. The summed E-state index contributed by atoms with van der Waals surface area (Å²) in [7, 11) is 0. The van der Waals surface area contributed by atoms with Crippen LogP contribution in [0.5, 0.6) is 11.5 Å². The van der Waals surface area contributed by atoms with E-state index in [9.17, 15) is 35.1 Å². The lowest BCUT2D eigenvalue weighted by Crippen LogP contribution is -2.24. The standard InChI is InChI=1S/C25H15F8NO4S/c26-16-8-12(22-35-6-1-7-36-22)2-4-15(16)24(30,31)37-13-3-5-19-20(11-13)39-23(34-19)25(32,33)38-14-9-17(27)21(29)18(28)10-14/h2-5,8-11,22H,1,6-7H2. The maximum absolute atomic E-state index is 14.8. The van der Waals surface area contributed by atoms with E-state index in [1.54, 1.807) is 0 Å². The van der Waals surface area contributed by atoms with Crippen LogP contribution in [0, 0.1) is 23.3 Å². The number of halogens is 8. The Hall–Kier alpha value is -3.49. The first kappa shape index (κ1) is 27.1. The smallest absolute Gasteiger partial charge is 0.429 e. The van der Waals surface area contributed by atoms with Crippen LogP contribution in [0.1, 0.15) is 28.8 Å². The fourth-order valence-electron chi connectivity index (χ4n) is 3.67. The first-order chi connectivity index (χ1) is 18.4. The first-order valence-electron chi connectivity index (χ1n) is 11.2. The van der Waals surface area contributed by atoms with Crippen LogP contribution >= 0.6 is 11.3 Å². The Morgan fingerprint density at radius 1 is 0.769 bits per heavy atom. The lowest BCUT2D eigenvalue weighted by atomic mass is 10.1. The summed E-state index contributed by atoms with van der Waals surface area (Å²) in [5.41, 5.74) is -0.932. The van der Waals surface area contributed by atoms with Crippen molar-refractivity contribution in [3.63, 3.8) is 0 Å². The van der Waals surface area contributed by atoms with E-state index < -0.39 is 63.8 Å². The summed E-state index contributed by atoms with van der Waals surface area (Å²) in [6.45, 7) is 0.743. The molecule has 3 aromatic carbocycles. The van der Waals surface area contributed by atoms with Crippen molar-refractivity contribution in [2.75, 3.05) is 13.2 Å². The largest absolute Gasteiger partial charge is 0.454 e. The second-order valence-electron chi connectivity index (χ2n) is 8.25. The van der Waals surface area contributed by atoms with E-state index >= 15 is 0 Å². The molecule has 0 radical (unpaired) electrons. The van der Waals surface area contributed by atoms with Gasteiger partial charge in [0.2, 0.25) is 5.01 Å². The molecule has 0 aliphatic carbocycles. The predicted octanol–water partition coefficient (Wildman–Crippen LogP) is 7.54. The van der Waals surface area contributed by atoms with Gasteiger partial charge in [0, 0.05) is 17.7 Å². The molecule has 1 aliphatic heterocycles. The normalized spacial score (nSPS) is 15.1. The molecule has 1 saturated heterocycles. The fraction of sp³-hybridized carbons (Fsp3) is 0.240. The van der Waals surface area contributed by atoms with Crippen LogP contribution in [0.3, 0.4) is 0 Å². The molecule has 0 bridgehead atoms. The van der Waals surface area contributed by atoms with Gasteiger partial charge in [0.1, 0.15) is 17.3 Å². The third-order valence-corrected chi connectivity index (χ3v) is 6.53. The molecule has 0 atom stereocenters. The van der Waals surface area contributed by atoms with Gasteiger partial charge in [-0.3, -0.25) is 0 Å². The fourth-order valence-corrected chi connectivity index (χ4v) is 4.58. The molecule has 0 unspecified atom stereocenters. The van der Waals surface area contributed by atoms with Crippen LogP contribution in [0.2, 0.25) is 0 Å². The molecule has 14 heteroatoms. The first-order valence-corrected chi connectivity index (χ1v) is 12.0. The van der Waals surface area contributed by atoms with E-state index in [2.05, 4.69) is 9.72 Å². The predicted molar refractivity (Wildman–Crippen MR) is 121 cm³/mol. The minimum absolute atomic E-state index is 0.0412. The number of aromatic nitrogens is 1. The molecule has 0 N–H and O–H groups in total. The average molecular weight is 577 g/mol. The van der Waals surface area contributed by atoms with Gasteiger partial charge in [-0.15, -0.1) is 11.3 Å². The van der Waals surface area contributed by atoms with E-state index in [-0.39, 0.29) is 27.9 Å². The number of alkyl halides is 4. The molecular weight excluding hydrogens is 562 g/mol. The van der Waals surface area contributed by atoms with Crippen molar-refractivity contribution in [1.29, 1.82) is 0 Å². The maximum Gasteiger partial charge on any atom is 0.454 e. The highest BCUT2D eigenvalue weighted by Gasteiger charge is 2.40. The Bertz CT molecular complexity index is 1500. The zero-order chi connectivity index (χ0) is 27.9. The van der Waals surface area contributed by atoms with Gasteiger partial charge in [-0.25, -0.2) is 22.5 Å². The number of hydrogen-bond donors (Lipinski definition) is 0. The van der Waals surface area contributed by atoms with E-state index in [1.165, 1.54) is 6.07 Å². The maximum atomic E-state index is 14.8. The molecule has 206 valence electrons. The SMILES string of the molecule is Fc1cc(C2OCCCO2)ccc1C(F)(F)Oc1ccc2nc(C(F)(F)Oc3cc(F)c(F)c(F)c3)sc2c1. The average Bonchev–Trinajstić information content (AvgIpc) is 3.32. The van der Waals surface area contributed by atoms with Gasteiger partial charge < -0.3 is 18.9 Å². The Labute approximate surface area is 218 Å². The van der Waals surface area contributed by atoms with Crippen molar-refractivity contribution in [1.82, 2.24) is 4.98 Å². The molecule has 5 rings (SSSR count). The molecule has 1 aromatic heterocycles. The van der Waals surface area contributed by atoms with E-state index in [0.717, 1.165) is 30.3 Å². The van der Waals surface area contributed by atoms with Crippen molar-refractivity contribution in [2.45, 2.75) is 24.9 Å². The second-order valence-corrected chi connectivity index (χ2v) is 9.28. The number of benzene rings is 3. The Kier molecular flexibility index (Phi) is 7.11. The summed E-state index contributed by atoms with van der Waals surface area (Å²) in [5.74, 6) is -8.12. The van der Waals surface area contributed by atoms with Gasteiger partial charge in [-0.1, -0.05) is 6.07 Å². The van der Waals surface area contributed by atoms with Crippen LogP contribution in [-0.2, 0) is 21.7 Å². The molecule has 1 fully saturated rings. The number of rotatable bonds is 7. The molecule has 39 heavy (non-hydrogen) atoms. The number of ether oxygens (including phenoxy) is 4. The number of fused-ring (bicyclic) bond motifs is 1. The molecule has 4 aromatic rings. The summed E-state index contributed by atoms with van der Waals surface area (Å²) < 4.78 is 133. The topological polar surface area (TPSA) is 49.8 Å². The van der Waals surface area contributed by atoms with Gasteiger partial charge in [0.05, 0.1) is 29.0 Å². The van der Waals surface area contributed by atoms with E-state index in [0.29, 0.717) is 31.0 Å². The summed E-state index contributed by atoms with van der Waals surface area (Å²) in [5, 5.41) is -0.986. The Morgan fingerprint density at radius 3 is 2.10 bits per heavy atom. The molecule has 0 amide bonds. The van der Waals surface area contributed by atoms with Crippen molar-refractivity contribution in [2.24, 2.45) is 0 Å². The Morgan fingerprint density at radius 2 is 1.44 bits per heavy atom. The number of thiazole rings is 1. The minimum atomic E-state index is -4.22. The van der Waals surface area contributed by atoms with Crippen molar-refractivity contribution in [3.8, 4) is 11.5 Å². The van der Waals surface area contributed by atoms with Crippen molar-refractivity contribution in [3.05, 3.63) is 87.9 Å². The minimum Gasteiger partial charge on any atom is -0.429 e. The van der Waals surface area contributed by atoms with Crippen LogP contribution in [0.15, 0.2) is 48.5 Å². The van der Waals surface area contributed by atoms with Gasteiger partial charge in [-0.05, 0) is 36.8 Å². The highest BCUT2D eigenvalue weighted by molar-refractivity contribution is 7.18. The van der Waals surface area contributed by atoms with Gasteiger partial charge >= 0.3 is 12.2 Å². The molecule has 2 heterocycles. The van der Waals surface area contributed by atoms with Crippen LogP contribution < -0.4 is 9.47 Å².